The van der Waals surface area contributed by atoms with Gasteiger partial charge in [-0.1, -0.05) is 17.7 Å². The van der Waals surface area contributed by atoms with Gasteiger partial charge in [-0.05, 0) is 30.0 Å². The molecule has 1 heterocycles. The average Bonchev–Trinajstić information content (AvgIpc) is 2.83. The first-order valence-corrected chi connectivity index (χ1v) is 7.92. The maximum absolute atomic E-state index is 13.9. The fourth-order valence-corrected chi connectivity index (χ4v) is 3.04. The van der Waals surface area contributed by atoms with Crippen molar-refractivity contribution in [2.75, 3.05) is 18.7 Å². The van der Waals surface area contributed by atoms with Crippen molar-refractivity contribution in [3.8, 4) is 0 Å². The van der Waals surface area contributed by atoms with E-state index in [0.29, 0.717) is 5.56 Å². The molecule has 2 rings (SSSR count). The summed E-state index contributed by atoms with van der Waals surface area (Å²) in [6.45, 7) is 1.32. The molecule has 0 spiro atoms. The first kappa shape index (κ1) is 18.3. The average molecular weight is 375 g/mol. The number of urea groups is 1. The van der Waals surface area contributed by atoms with Crippen molar-refractivity contribution >= 4 is 40.6 Å². The number of ether oxygens (including phenoxy) is 1. The molecule has 3 amide bonds. The lowest BCUT2D eigenvalue weighted by atomic mass is 10.2. The fourth-order valence-electron chi connectivity index (χ4n) is 2.02. The molecule has 0 radical (unpaired) electrons. The number of halogens is 3. The number of hydrogen-bond acceptors (Lipinski definition) is 4. The number of imide groups is 1. The lowest BCUT2D eigenvalue weighted by Gasteiger charge is -2.22. The van der Waals surface area contributed by atoms with Crippen LogP contribution in [0.2, 0.25) is 5.02 Å². The van der Waals surface area contributed by atoms with Crippen molar-refractivity contribution < 1.29 is 23.1 Å². The molecule has 1 aromatic heterocycles. The lowest BCUT2D eigenvalue weighted by Crippen LogP contribution is -2.44. The Hall–Kier alpha value is -2.03. The van der Waals surface area contributed by atoms with E-state index in [1.165, 1.54) is 24.6 Å². The highest BCUT2D eigenvalue weighted by Crippen LogP contribution is 2.29. The van der Waals surface area contributed by atoms with E-state index in [-0.39, 0.29) is 17.4 Å². The molecule has 1 N–H and O–H groups in total. The van der Waals surface area contributed by atoms with Gasteiger partial charge in [0.25, 0.3) is 5.91 Å². The number of hydrogen-bond donors (Lipinski definition) is 1. The van der Waals surface area contributed by atoms with Crippen LogP contribution in [0.4, 0.5) is 19.3 Å². The molecule has 0 aliphatic carbocycles. The molecule has 0 saturated heterocycles. The second-order valence-electron chi connectivity index (χ2n) is 4.74. The zero-order chi connectivity index (χ0) is 17.9. The van der Waals surface area contributed by atoms with Gasteiger partial charge in [-0.3, -0.25) is 15.0 Å². The van der Waals surface area contributed by atoms with E-state index in [2.05, 4.69) is 0 Å². The number of carbonyl (C=O) groups is 2. The number of anilines is 1. The maximum Gasteiger partial charge on any atom is 0.330 e. The summed E-state index contributed by atoms with van der Waals surface area (Å²) in [6.07, 6.45) is 0. The zero-order valence-electron chi connectivity index (χ0n) is 12.7. The fraction of sp³-hybridized carbons (Fsp3) is 0.200. The number of rotatable bonds is 4. The van der Waals surface area contributed by atoms with Crippen LogP contribution < -0.4 is 10.2 Å². The van der Waals surface area contributed by atoms with Gasteiger partial charge in [0.15, 0.2) is 0 Å². The minimum Gasteiger partial charge on any atom is -0.364 e. The number of benzene rings is 1. The number of aryl methyl sites for hydroxylation is 1. The van der Waals surface area contributed by atoms with Gasteiger partial charge in [0, 0.05) is 7.11 Å². The Bertz CT molecular complexity index is 742. The first-order chi connectivity index (χ1) is 11.4. The third kappa shape index (κ3) is 3.72. The van der Waals surface area contributed by atoms with Crippen molar-refractivity contribution in [1.82, 2.24) is 5.32 Å². The van der Waals surface area contributed by atoms with Crippen molar-refractivity contribution in [3.05, 3.63) is 50.7 Å². The van der Waals surface area contributed by atoms with Gasteiger partial charge in [-0.15, -0.1) is 11.3 Å². The highest BCUT2D eigenvalue weighted by atomic mass is 35.5. The molecule has 0 unspecified atom stereocenters. The molecule has 9 heteroatoms. The summed E-state index contributed by atoms with van der Waals surface area (Å²) in [5.41, 5.74) is 0.0280. The Kier molecular flexibility index (Phi) is 5.87. The first-order valence-electron chi connectivity index (χ1n) is 6.66. The lowest BCUT2D eigenvalue weighted by molar-refractivity contribution is 0.0959. The van der Waals surface area contributed by atoms with Crippen LogP contribution in [0.25, 0.3) is 0 Å². The van der Waals surface area contributed by atoms with Crippen molar-refractivity contribution in [3.63, 3.8) is 0 Å². The van der Waals surface area contributed by atoms with Crippen LogP contribution in [-0.2, 0) is 4.74 Å². The standard InChI is InChI=1S/C15H13ClF2N2O3S/c1-8-6-24-13(18)12(8)20(7-23-2)15(22)19-14(21)11-9(16)4-3-5-10(11)17/h3-6H,7H2,1-2H3,(H,19,21,22). The Balaban J connectivity index is 2.27. The molecule has 0 aliphatic rings. The number of carbonyl (C=O) groups excluding carboxylic acids is 2. The summed E-state index contributed by atoms with van der Waals surface area (Å²) in [4.78, 5) is 25.4. The second kappa shape index (κ2) is 7.69. The largest absolute Gasteiger partial charge is 0.364 e. The number of thiophene rings is 1. The van der Waals surface area contributed by atoms with E-state index in [1.54, 1.807) is 6.92 Å². The summed E-state index contributed by atoms with van der Waals surface area (Å²) < 4.78 is 32.5. The van der Waals surface area contributed by atoms with Crippen molar-refractivity contribution in [2.24, 2.45) is 0 Å². The molecule has 5 nitrogen and oxygen atoms in total. The maximum atomic E-state index is 13.9. The quantitative estimate of drug-likeness (QED) is 0.824. The van der Waals surface area contributed by atoms with Gasteiger partial charge in [-0.25, -0.2) is 9.18 Å². The Labute approximate surface area is 145 Å². The number of amides is 3. The zero-order valence-corrected chi connectivity index (χ0v) is 14.3. The van der Waals surface area contributed by atoms with Gasteiger partial charge in [-0.2, -0.15) is 4.39 Å². The molecule has 2 aromatic rings. The second-order valence-corrected chi connectivity index (χ2v) is 5.98. The number of nitrogens with one attached hydrogen (secondary N) is 1. The Morgan fingerprint density at radius 3 is 2.62 bits per heavy atom. The van der Waals surface area contributed by atoms with E-state index < -0.39 is 28.4 Å². The molecule has 0 fully saturated rings. The van der Waals surface area contributed by atoms with E-state index in [4.69, 9.17) is 16.3 Å². The smallest absolute Gasteiger partial charge is 0.330 e. The number of nitrogens with zero attached hydrogens (tertiary/aromatic N) is 1. The van der Waals surface area contributed by atoms with Gasteiger partial charge in [0.1, 0.15) is 12.5 Å². The number of methoxy groups -OCH3 is 1. The van der Waals surface area contributed by atoms with Crippen LogP contribution >= 0.6 is 22.9 Å². The third-order valence-electron chi connectivity index (χ3n) is 3.08. The summed E-state index contributed by atoms with van der Waals surface area (Å²) in [7, 11) is 1.31. The predicted molar refractivity (Wildman–Crippen MR) is 87.6 cm³/mol. The highest BCUT2D eigenvalue weighted by Gasteiger charge is 2.26. The van der Waals surface area contributed by atoms with E-state index in [0.717, 1.165) is 22.3 Å². The minimum absolute atomic E-state index is 0.00761. The molecule has 0 saturated carbocycles. The van der Waals surface area contributed by atoms with Crippen LogP contribution in [-0.4, -0.2) is 25.8 Å². The Morgan fingerprint density at radius 1 is 1.38 bits per heavy atom. The summed E-state index contributed by atoms with van der Waals surface area (Å²) >= 11 is 6.60. The van der Waals surface area contributed by atoms with Crippen molar-refractivity contribution in [1.29, 1.82) is 0 Å². The molecule has 24 heavy (non-hydrogen) atoms. The van der Waals surface area contributed by atoms with Crippen molar-refractivity contribution in [2.45, 2.75) is 6.92 Å². The summed E-state index contributed by atoms with van der Waals surface area (Å²) in [5.74, 6) is -1.90. The van der Waals surface area contributed by atoms with Gasteiger partial charge >= 0.3 is 6.03 Å². The van der Waals surface area contributed by atoms with Gasteiger partial charge < -0.3 is 4.74 Å². The third-order valence-corrected chi connectivity index (χ3v) is 4.27. The van der Waals surface area contributed by atoms with Crippen LogP contribution in [0.15, 0.2) is 23.6 Å². The van der Waals surface area contributed by atoms with Crippen LogP contribution in [0.3, 0.4) is 0 Å². The monoisotopic (exact) mass is 374 g/mol. The molecule has 0 aliphatic heterocycles. The van der Waals surface area contributed by atoms with Crippen LogP contribution in [0, 0.1) is 17.9 Å². The SMILES string of the molecule is COCN(C(=O)NC(=O)c1c(F)cccc1Cl)c1c(C)csc1F. The van der Waals surface area contributed by atoms with Crippen LogP contribution in [0.1, 0.15) is 15.9 Å². The summed E-state index contributed by atoms with van der Waals surface area (Å²) in [5, 5.41) is 2.77. The molecule has 0 bridgehead atoms. The highest BCUT2D eigenvalue weighted by molar-refractivity contribution is 7.08. The Morgan fingerprint density at radius 2 is 2.08 bits per heavy atom. The normalized spacial score (nSPS) is 10.5. The predicted octanol–water partition coefficient (Wildman–Crippen LogP) is 3.95. The summed E-state index contributed by atoms with van der Waals surface area (Å²) in [6, 6.07) is 2.74. The van der Waals surface area contributed by atoms with Crippen LogP contribution in [0.5, 0.6) is 0 Å². The van der Waals surface area contributed by atoms with Gasteiger partial charge in [0.2, 0.25) is 5.13 Å². The topological polar surface area (TPSA) is 58.6 Å². The van der Waals surface area contributed by atoms with E-state index >= 15 is 0 Å². The van der Waals surface area contributed by atoms with Gasteiger partial charge in [0.05, 0.1) is 16.3 Å². The molecule has 0 atom stereocenters. The van der Waals surface area contributed by atoms with E-state index in [9.17, 15) is 18.4 Å². The molecular weight excluding hydrogens is 362 g/mol. The molecule has 1 aromatic carbocycles. The minimum atomic E-state index is -1.03. The molecule has 128 valence electrons. The van der Waals surface area contributed by atoms with E-state index in [1.807, 2.05) is 5.32 Å². The molecular formula is C15H13ClF2N2O3S.